The highest BCUT2D eigenvalue weighted by molar-refractivity contribution is 5.68. The van der Waals surface area contributed by atoms with E-state index in [0.717, 1.165) is 36.0 Å². The summed E-state index contributed by atoms with van der Waals surface area (Å²) < 4.78 is 48.9. The van der Waals surface area contributed by atoms with Crippen molar-refractivity contribution in [1.29, 1.82) is 0 Å². The molecule has 0 aliphatic carbocycles. The highest BCUT2D eigenvalue weighted by Gasteiger charge is 2.20. The third-order valence-electron chi connectivity index (χ3n) is 5.84. The monoisotopic (exact) mass is 449 g/mol. The Labute approximate surface area is 189 Å². The summed E-state index contributed by atoms with van der Waals surface area (Å²) in [5.74, 6) is -2.09. The van der Waals surface area contributed by atoms with Crippen molar-refractivity contribution in [2.75, 3.05) is 26.3 Å². The zero-order valence-electron chi connectivity index (χ0n) is 17.8. The summed E-state index contributed by atoms with van der Waals surface area (Å²) in [5.41, 5.74) is 4.15. The minimum Gasteiger partial charge on any atom is -0.379 e. The van der Waals surface area contributed by atoms with Crippen LogP contribution in [0.3, 0.4) is 0 Å². The standard InChI is InChI=1S/C26H22F3N3O/c27-23-4-2-1-3-22(23)26-20(17-31-11-13-33-14-12-31)16-30-32(26)21-8-5-18(6-9-21)19-7-10-24(28)25(29)15-19/h1-10,15-16H,11-14,17H2. The molecule has 0 spiro atoms. The van der Waals surface area contributed by atoms with Crippen LogP contribution < -0.4 is 0 Å². The first kappa shape index (κ1) is 21.4. The molecular weight excluding hydrogens is 427 g/mol. The topological polar surface area (TPSA) is 30.3 Å². The first-order chi connectivity index (χ1) is 16.1. The first-order valence-corrected chi connectivity index (χ1v) is 10.8. The van der Waals surface area contributed by atoms with Crippen LogP contribution in [0.15, 0.2) is 72.9 Å². The lowest BCUT2D eigenvalue weighted by molar-refractivity contribution is 0.0342. The molecule has 4 aromatic rings. The molecule has 4 nitrogen and oxygen atoms in total. The molecule has 1 aliphatic heterocycles. The number of hydrogen-bond donors (Lipinski definition) is 0. The molecule has 3 aromatic carbocycles. The number of rotatable bonds is 5. The average molecular weight is 449 g/mol. The van der Waals surface area contributed by atoms with Gasteiger partial charge in [-0.1, -0.05) is 30.3 Å². The number of ether oxygens (including phenoxy) is 1. The Morgan fingerprint density at radius 1 is 0.788 bits per heavy atom. The maximum atomic E-state index is 14.8. The Hall–Kier alpha value is -3.42. The van der Waals surface area contributed by atoms with Gasteiger partial charge in [-0.25, -0.2) is 17.9 Å². The van der Waals surface area contributed by atoms with Gasteiger partial charge in [0.15, 0.2) is 11.6 Å². The van der Waals surface area contributed by atoms with Crippen LogP contribution >= 0.6 is 0 Å². The smallest absolute Gasteiger partial charge is 0.159 e. The molecule has 1 saturated heterocycles. The number of halogens is 3. The third kappa shape index (κ3) is 4.42. The largest absolute Gasteiger partial charge is 0.379 e. The number of benzene rings is 3. The van der Waals surface area contributed by atoms with Gasteiger partial charge in [-0.05, 0) is 47.5 Å². The molecule has 0 atom stereocenters. The van der Waals surface area contributed by atoms with Crippen LogP contribution in [0.25, 0.3) is 28.1 Å². The van der Waals surface area contributed by atoms with Crippen LogP contribution in [0.1, 0.15) is 5.56 Å². The molecule has 0 saturated carbocycles. The molecule has 2 heterocycles. The van der Waals surface area contributed by atoms with Gasteiger partial charge in [0, 0.05) is 30.8 Å². The molecule has 5 rings (SSSR count). The van der Waals surface area contributed by atoms with Crippen LogP contribution in [-0.4, -0.2) is 41.0 Å². The fourth-order valence-electron chi connectivity index (χ4n) is 4.11. The van der Waals surface area contributed by atoms with Crippen LogP contribution in [0.4, 0.5) is 13.2 Å². The number of aromatic nitrogens is 2. The van der Waals surface area contributed by atoms with Gasteiger partial charge in [0.2, 0.25) is 0 Å². The molecule has 1 aromatic heterocycles. The number of hydrogen-bond acceptors (Lipinski definition) is 3. The van der Waals surface area contributed by atoms with Crippen molar-refractivity contribution in [2.24, 2.45) is 0 Å². The van der Waals surface area contributed by atoms with Crippen molar-refractivity contribution in [3.8, 4) is 28.1 Å². The Morgan fingerprint density at radius 3 is 2.24 bits per heavy atom. The van der Waals surface area contributed by atoms with Gasteiger partial charge in [-0.3, -0.25) is 4.90 Å². The fraction of sp³-hybridized carbons (Fsp3) is 0.192. The zero-order valence-corrected chi connectivity index (χ0v) is 17.8. The molecule has 0 amide bonds. The summed E-state index contributed by atoms with van der Waals surface area (Å²) in [6.07, 6.45) is 1.78. The molecule has 1 fully saturated rings. The molecule has 0 bridgehead atoms. The van der Waals surface area contributed by atoms with Crippen molar-refractivity contribution in [2.45, 2.75) is 6.54 Å². The SMILES string of the molecule is Fc1ccc(-c2ccc(-n3ncc(CN4CCOCC4)c3-c3ccccc3F)cc2)cc1F. The molecule has 168 valence electrons. The number of nitrogens with zero attached hydrogens (tertiary/aromatic N) is 3. The van der Waals surface area contributed by atoms with Crippen LogP contribution in [-0.2, 0) is 11.3 Å². The Kier molecular flexibility index (Phi) is 5.98. The predicted octanol–water partition coefficient (Wildman–Crippen LogP) is 5.46. The van der Waals surface area contributed by atoms with Gasteiger partial charge < -0.3 is 4.74 Å². The Bertz CT molecular complexity index is 1260. The first-order valence-electron chi connectivity index (χ1n) is 10.8. The van der Waals surface area contributed by atoms with E-state index in [9.17, 15) is 13.2 Å². The van der Waals surface area contributed by atoms with E-state index in [1.54, 1.807) is 29.1 Å². The summed E-state index contributed by atoms with van der Waals surface area (Å²) >= 11 is 0. The van der Waals surface area contributed by atoms with Gasteiger partial charge >= 0.3 is 0 Å². The van der Waals surface area contributed by atoms with Crippen molar-refractivity contribution in [1.82, 2.24) is 14.7 Å². The molecule has 33 heavy (non-hydrogen) atoms. The predicted molar refractivity (Wildman–Crippen MR) is 120 cm³/mol. The summed E-state index contributed by atoms with van der Waals surface area (Å²) in [6.45, 7) is 3.61. The quantitative estimate of drug-likeness (QED) is 0.406. The second-order valence-electron chi connectivity index (χ2n) is 7.97. The second-order valence-corrected chi connectivity index (χ2v) is 7.97. The lowest BCUT2D eigenvalue weighted by atomic mass is 10.0. The van der Waals surface area contributed by atoms with Gasteiger partial charge in [0.05, 0.1) is 30.8 Å². The normalized spacial score (nSPS) is 14.5. The van der Waals surface area contributed by atoms with Crippen molar-refractivity contribution in [3.05, 3.63) is 95.9 Å². The van der Waals surface area contributed by atoms with E-state index in [-0.39, 0.29) is 5.82 Å². The molecule has 1 aliphatic rings. The van der Waals surface area contributed by atoms with Crippen molar-refractivity contribution in [3.63, 3.8) is 0 Å². The highest BCUT2D eigenvalue weighted by Crippen LogP contribution is 2.31. The Balaban J connectivity index is 1.53. The van der Waals surface area contributed by atoms with Gasteiger partial charge in [-0.2, -0.15) is 5.10 Å². The van der Waals surface area contributed by atoms with E-state index in [1.807, 2.05) is 24.3 Å². The van der Waals surface area contributed by atoms with Crippen molar-refractivity contribution < 1.29 is 17.9 Å². The summed E-state index contributed by atoms with van der Waals surface area (Å²) in [4.78, 5) is 2.27. The minimum atomic E-state index is -0.891. The van der Waals surface area contributed by atoms with E-state index in [0.29, 0.717) is 36.6 Å². The van der Waals surface area contributed by atoms with E-state index < -0.39 is 11.6 Å². The van der Waals surface area contributed by atoms with Gasteiger partial charge in [0.25, 0.3) is 0 Å². The van der Waals surface area contributed by atoms with Gasteiger partial charge in [0.1, 0.15) is 5.82 Å². The molecular formula is C26H22F3N3O. The van der Waals surface area contributed by atoms with E-state index in [2.05, 4.69) is 10.00 Å². The third-order valence-corrected chi connectivity index (χ3v) is 5.84. The fourth-order valence-corrected chi connectivity index (χ4v) is 4.11. The van der Waals surface area contributed by atoms with E-state index >= 15 is 0 Å². The van der Waals surface area contributed by atoms with Crippen LogP contribution in [0.2, 0.25) is 0 Å². The minimum absolute atomic E-state index is 0.319. The molecule has 0 radical (unpaired) electrons. The van der Waals surface area contributed by atoms with Crippen molar-refractivity contribution >= 4 is 0 Å². The highest BCUT2D eigenvalue weighted by atomic mass is 19.2. The lowest BCUT2D eigenvalue weighted by Gasteiger charge is -2.26. The summed E-state index contributed by atoms with van der Waals surface area (Å²) in [7, 11) is 0. The zero-order chi connectivity index (χ0) is 22.8. The lowest BCUT2D eigenvalue weighted by Crippen LogP contribution is -2.35. The summed E-state index contributed by atoms with van der Waals surface area (Å²) in [5, 5.41) is 4.58. The van der Waals surface area contributed by atoms with Crippen LogP contribution in [0.5, 0.6) is 0 Å². The maximum Gasteiger partial charge on any atom is 0.159 e. The second kappa shape index (κ2) is 9.21. The molecule has 0 N–H and O–H groups in total. The van der Waals surface area contributed by atoms with E-state index in [4.69, 9.17) is 4.74 Å². The maximum absolute atomic E-state index is 14.8. The van der Waals surface area contributed by atoms with Gasteiger partial charge in [-0.15, -0.1) is 0 Å². The van der Waals surface area contributed by atoms with Crippen LogP contribution in [0, 0.1) is 17.5 Å². The molecule has 0 unspecified atom stereocenters. The Morgan fingerprint density at radius 2 is 1.52 bits per heavy atom. The average Bonchev–Trinajstić information content (AvgIpc) is 3.25. The molecule has 7 heteroatoms. The van der Waals surface area contributed by atoms with E-state index in [1.165, 1.54) is 18.2 Å². The summed E-state index contributed by atoms with van der Waals surface area (Å²) in [6, 6.07) is 17.8. The number of morpholine rings is 1.